The number of hydrogen-bond acceptors (Lipinski definition) is 2. The summed E-state index contributed by atoms with van der Waals surface area (Å²) in [5.74, 6) is 0. The Hall–Kier alpha value is 0.0900. The topological polar surface area (TPSA) is 15.3 Å². The van der Waals surface area contributed by atoms with E-state index in [1.807, 2.05) is 4.90 Å². The normalized spacial score (nSPS) is 17.3. The van der Waals surface area contributed by atoms with Crippen molar-refractivity contribution < 1.29 is 13.2 Å². The molecule has 0 bridgehead atoms. The van der Waals surface area contributed by atoms with Crippen LogP contribution in [0.5, 0.6) is 0 Å². The second-order valence-corrected chi connectivity index (χ2v) is 5.70. The van der Waals surface area contributed by atoms with Gasteiger partial charge in [-0.15, -0.1) is 24.8 Å². The van der Waals surface area contributed by atoms with Crippen LogP contribution >= 0.6 is 48.0 Å². The maximum atomic E-state index is 12.8. The van der Waals surface area contributed by atoms with Crippen molar-refractivity contribution in [1.29, 1.82) is 0 Å². The zero-order valence-electron chi connectivity index (χ0n) is 11.5. The first-order valence-corrected chi connectivity index (χ1v) is 7.08. The molecule has 1 saturated heterocycles. The van der Waals surface area contributed by atoms with Crippen LogP contribution in [-0.2, 0) is 0 Å². The van der Waals surface area contributed by atoms with Crippen molar-refractivity contribution >= 4 is 48.0 Å². The molecule has 1 atom stereocenters. The fourth-order valence-corrected chi connectivity index (χ4v) is 2.98. The van der Waals surface area contributed by atoms with Gasteiger partial charge in [-0.3, -0.25) is 4.90 Å². The van der Waals surface area contributed by atoms with Crippen molar-refractivity contribution in [3.05, 3.63) is 33.8 Å². The molecule has 1 fully saturated rings. The second-order valence-electron chi connectivity index (χ2n) is 4.82. The van der Waals surface area contributed by atoms with Crippen molar-refractivity contribution in [1.82, 2.24) is 10.2 Å². The van der Waals surface area contributed by atoms with Gasteiger partial charge < -0.3 is 5.32 Å². The average molecular weight is 400 g/mol. The maximum Gasteiger partial charge on any atom is 0.390 e. The molecule has 0 saturated carbocycles. The van der Waals surface area contributed by atoms with Gasteiger partial charge in [0.2, 0.25) is 0 Å². The predicted molar refractivity (Wildman–Crippen MR) is 88.8 cm³/mol. The Balaban J connectivity index is 0.00000220. The fraction of sp³-hybridized carbons (Fsp3) is 0.538. The highest BCUT2D eigenvalue weighted by molar-refractivity contribution is 6.34. The zero-order chi connectivity index (χ0) is 14.8. The first kappa shape index (κ1) is 22.1. The van der Waals surface area contributed by atoms with Gasteiger partial charge in [0.15, 0.2) is 0 Å². The van der Waals surface area contributed by atoms with Gasteiger partial charge in [-0.2, -0.15) is 13.2 Å². The largest absolute Gasteiger partial charge is 0.390 e. The summed E-state index contributed by atoms with van der Waals surface area (Å²) in [6, 6.07) is 3.90. The van der Waals surface area contributed by atoms with Crippen LogP contribution in [0.4, 0.5) is 13.2 Å². The summed E-state index contributed by atoms with van der Waals surface area (Å²) in [6.07, 6.45) is -5.13. The molecule has 9 heteroatoms. The molecule has 1 aromatic carbocycles. The van der Waals surface area contributed by atoms with Crippen LogP contribution in [0.3, 0.4) is 0 Å². The van der Waals surface area contributed by atoms with Crippen LogP contribution in [0.15, 0.2) is 18.2 Å². The first-order chi connectivity index (χ1) is 9.35. The van der Waals surface area contributed by atoms with Crippen LogP contribution in [0.25, 0.3) is 0 Å². The standard InChI is InChI=1S/C13H15Cl2F3N2.2ClH/c14-10-5-9(6-11(15)7-10)12(8-13(16,17)18)20-3-1-19-2-4-20;;/h5-7,12,19H,1-4,8H2;2*1H/t12-;;/m1../s1. The smallest absolute Gasteiger partial charge is 0.314 e. The second kappa shape index (κ2) is 9.40. The summed E-state index contributed by atoms with van der Waals surface area (Å²) in [5, 5.41) is 3.84. The van der Waals surface area contributed by atoms with Crippen LogP contribution in [0.2, 0.25) is 10.0 Å². The molecule has 0 spiro atoms. The number of rotatable bonds is 3. The summed E-state index contributed by atoms with van der Waals surface area (Å²) in [7, 11) is 0. The van der Waals surface area contributed by atoms with Gasteiger partial charge in [-0.1, -0.05) is 23.2 Å². The highest BCUT2D eigenvalue weighted by Crippen LogP contribution is 2.36. The van der Waals surface area contributed by atoms with Gasteiger partial charge in [0.05, 0.1) is 6.42 Å². The molecule has 1 aliphatic heterocycles. The predicted octanol–water partition coefficient (Wildman–Crippen LogP) is 4.74. The molecule has 1 aliphatic rings. The van der Waals surface area contributed by atoms with E-state index in [0.717, 1.165) is 0 Å². The summed E-state index contributed by atoms with van der Waals surface area (Å²) in [4.78, 5) is 1.83. The van der Waals surface area contributed by atoms with E-state index in [0.29, 0.717) is 41.8 Å². The van der Waals surface area contributed by atoms with E-state index >= 15 is 0 Å². The van der Waals surface area contributed by atoms with E-state index in [2.05, 4.69) is 5.32 Å². The number of benzene rings is 1. The highest BCUT2D eigenvalue weighted by atomic mass is 35.5. The Bertz CT molecular complexity index is 445. The van der Waals surface area contributed by atoms with E-state index in [1.54, 1.807) is 12.1 Å². The molecule has 22 heavy (non-hydrogen) atoms. The van der Waals surface area contributed by atoms with E-state index in [-0.39, 0.29) is 24.8 Å². The van der Waals surface area contributed by atoms with Crippen LogP contribution in [0.1, 0.15) is 18.0 Å². The van der Waals surface area contributed by atoms with Crippen molar-refractivity contribution in [2.75, 3.05) is 26.2 Å². The van der Waals surface area contributed by atoms with Crippen molar-refractivity contribution in [3.8, 4) is 0 Å². The summed E-state index contributed by atoms with van der Waals surface area (Å²) >= 11 is 11.8. The number of piperazine rings is 1. The van der Waals surface area contributed by atoms with Gasteiger partial charge in [-0.05, 0) is 23.8 Å². The monoisotopic (exact) mass is 398 g/mol. The van der Waals surface area contributed by atoms with Crippen molar-refractivity contribution in [3.63, 3.8) is 0 Å². The fourth-order valence-electron chi connectivity index (χ4n) is 2.44. The zero-order valence-corrected chi connectivity index (χ0v) is 14.6. The molecule has 0 aliphatic carbocycles. The molecule has 1 heterocycles. The van der Waals surface area contributed by atoms with Crippen LogP contribution in [0, 0.1) is 0 Å². The quantitative estimate of drug-likeness (QED) is 0.789. The molecule has 0 amide bonds. The molecular weight excluding hydrogens is 383 g/mol. The van der Waals surface area contributed by atoms with Crippen molar-refractivity contribution in [2.24, 2.45) is 0 Å². The molecule has 1 aromatic rings. The minimum atomic E-state index is -4.23. The van der Waals surface area contributed by atoms with E-state index in [1.165, 1.54) is 6.07 Å². The molecule has 1 N–H and O–H groups in total. The summed E-state index contributed by atoms with van der Waals surface area (Å²) in [6.45, 7) is 2.51. The number of hydrogen-bond donors (Lipinski definition) is 1. The number of halogens is 7. The Kier molecular flexibility index (Phi) is 9.44. The molecule has 128 valence electrons. The Labute approximate surface area is 150 Å². The van der Waals surface area contributed by atoms with Crippen molar-refractivity contribution in [2.45, 2.75) is 18.6 Å². The molecule has 2 rings (SSSR count). The average Bonchev–Trinajstić information content (AvgIpc) is 2.35. The Morgan fingerprint density at radius 2 is 1.55 bits per heavy atom. The lowest BCUT2D eigenvalue weighted by Gasteiger charge is -2.35. The summed E-state index contributed by atoms with van der Waals surface area (Å²) in [5.41, 5.74) is 0.515. The molecule has 2 nitrogen and oxygen atoms in total. The van der Waals surface area contributed by atoms with E-state index < -0.39 is 18.6 Å². The van der Waals surface area contributed by atoms with Gasteiger partial charge in [-0.25, -0.2) is 0 Å². The Morgan fingerprint density at radius 1 is 1.05 bits per heavy atom. The summed E-state index contributed by atoms with van der Waals surface area (Å²) < 4.78 is 38.5. The molecule has 0 radical (unpaired) electrons. The minimum Gasteiger partial charge on any atom is -0.314 e. The third-order valence-electron chi connectivity index (χ3n) is 3.29. The third-order valence-corrected chi connectivity index (χ3v) is 3.72. The Morgan fingerprint density at radius 3 is 2.00 bits per heavy atom. The number of alkyl halides is 3. The first-order valence-electron chi connectivity index (χ1n) is 6.33. The maximum absolute atomic E-state index is 12.8. The van der Waals surface area contributed by atoms with Gasteiger partial charge in [0.1, 0.15) is 0 Å². The highest BCUT2D eigenvalue weighted by Gasteiger charge is 2.36. The van der Waals surface area contributed by atoms with E-state index in [9.17, 15) is 13.2 Å². The van der Waals surface area contributed by atoms with Gasteiger partial charge in [0.25, 0.3) is 0 Å². The number of nitrogens with zero attached hydrogens (tertiary/aromatic N) is 1. The van der Waals surface area contributed by atoms with Gasteiger partial charge in [0, 0.05) is 42.3 Å². The lowest BCUT2D eigenvalue weighted by atomic mass is 10.0. The lowest BCUT2D eigenvalue weighted by molar-refractivity contribution is -0.148. The molecule has 0 aromatic heterocycles. The molecular formula is C13H17Cl4F3N2. The minimum absolute atomic E-state index is 0. The van der Waals surface area contributed by atoms with Gasteiger partial charge >= 0.3 is 6.18 Å². The molecule has 0 unspecified atom stereocenters. The van der Waals surface area contributed by atoms with Crippen LogP contribution < -0.4 is 5.32 Å². The number of nitrogens with one attached hydrogen (secondary N) is 1. The lowest BCUT2D eigenvalue weighted by Crippen LogP contribution is -2.46. The SMILES string of the molecule is Cl.Cl.FC(F)(F)C[C@H](c1cc(Cl)cc(Cl)c1)N1CCNCC1. The third kappa shape index (κ3) is 6.69. The van der Waals surface area contributed by atoms with E-state index in [4.69, 9.17) is 23.2 Å². The van der Waals surface area contributed by atoms with Crippen LogP contribution in [-0.4, -0.2) is 37.3 Å².